The van der Waals surface area contributed by atoms with Gasteiger partial charge in [-0.15, -0.1) is 0 Å². The molecule has 2 fully saturated rings. The molecule has 2 aliphatic heterocycles. The summed E-state index contributed by atoms with van der Waals surface area (Å²) >= 11 is 0. The Hall–Kier alpha value is -1.73. The molecule has 2 N–H and O–H groups in total. The number of hydrogen-bond donors (Lipinski definition) is 2. The van der Waals surface area contributed by atoms with E-state index in [0.717, 1.165) is 42.9 Å². The highest BCUT2D eigenvalue weighted by atomic mass is 16.3. The number of hydrogen-bond acceptors (Lipinski definition) is 6. The van der Waals surface area contributed by atoms with Crippen LogP contribution in [0.3, 0.4) is 0 Å². The first-order chi connectivity index (χ1) is 10.9. The molecule has 4 rings (SSSR count). The van der Waals surface area contributed by atoms with Crippen LogP contribution < -0.4 is 4.90 Å². The number of aliphatic hydroxyl groups excluding tert-OH is 1. The van der Waals surface area contributed by atoms with Crippen molar-refractivity contribution in [3.8, 4) is 0 Å². The molecular weight excluding hydrogens is 280 g/mol. The Kier molecular flexibility index (Phi) is 3.67. The Morgan fingerprint density at radius 3 is 2.95 bits per heavy atom. The Morgan fingerprint density at radius 1 is 1.18 bits per heavy atom. The number of anilines is 1. The minimum absolute atomic E-state index is 0.270. The Balaban J connectivity index is 1.57. The molecule has 0 aliphatic carbocycles. The van der Waals surface area contributed by atoms with Gasteiger partial charge in [0.15, 0.2) is 5.65 Å². The van der Waals surface area contributed by atoms with Crippen molar-refractivity contribution in [1.82, 2.24) is 25.1 Å². The molecule has 2 aromatic rings. The van der Waals surface area contributed by atoms with Crippen molar-refractivity contribution in [2.45, 2.75) is 37.8 Å². The quantitative estimate of drug-likeness (QED) is 0.868. The predicted molar refractivity (Wildman–Crippen MR) is 83.7 cm³/mol. The summed E-state index contributed by atoms with van der Waals surface area (Å²) in [6, 6.07) is 0.793. The minimum atomic E-state index is 0.270. The van der Waals surface area contributed by atoms with E-state index in [1.807, 2.05) is 6.20 Å². The molecule has 0 aromatic carbocycles. The van der Waals surface area contributed by atoms with Gasteiger partial charge in [-0.2, -0.15) is 5.10 Å². The molecule has 0 amide bonds. The number of nitrogens with one attached hydrogen (secondary N) is 1. The molecule has 22 heavy (non-hydrogen) atoms. The number of aromatic nitrogens is 4. The van der Waals surface area contributed by atoms with Gasteiger partial charge in [-0.25, -0.2) is 9.97 Å². The van der Waals surface area contributed by atoms with E-state index in [2.05, 4.69) is 30.0 Å². The summed E-state index contributed by atoms with van der Waals surface area (Å²) in [5.41, 5.74) is 0.796. The Bertz CT molecular complexity index is 644. The van der Waals surface area contributed by atoms with Crippen LogP contribution in [0, 0.1) is 0 Å². The molecule has 118 valence electrons. The van der Waals surface area contributed by atoms with Gasteiger partial charge in [0.2, 0.25) is 0 Å². The van der Waals surface area contributed by atoms with E-state index < -0.39 is 0 Å². The number of nitrogens with zero attached hydrogens (tertiary/aromatic N) is 5. The third-order valence-corrected chi connectivity index (χ3v) is 5.03. The molecule has 4 heterocycles. The normalized spacial score (nSPS) is 26.3. The Morgan fingerprint density at radius 2 is 2.05 bits per heavy atom. The molecule has 0 radical (unpaired) electrons. The molecule has 7 nitrogen and oxygen atoms in total. The Labute approximate surface area is 129 Å². The van der Waals surface area contributed by atoms with Crippen LogP contribution >= 0.6 is 0 Å². The van der Waals surface area contributed by atoms with Crippen molar-refractivity contribution in [2.75, 3.05) is 31.1 Å². The fraction of sp³-hybridized carbons (Fsp3) is 0.667. The summed E-state index contributed by atoms with van der Waals surface area (Å²) in [6.07, 6.45) is 8.09. The van der Waals surface area contributed by atoms with E-state index in [4.69, 9.17) is 0 Å². The fourth-order valence-electron chi connectivity index (χ4n) is 3.90. The van der Waals surface area contributed by atoms with Crippen molar-refractivity contribution in [3.63, 3.8) is 0 Å². The number of aliphatic hydroxyl groups is 1. The number of likely N-dealkylation sites (tertiary alicyclic amines) is 1. The van der Waals surface area contributed by atoms with Gasteiger partial charge in [-0.05, 0) is 32.2 Å². The SMILES string of the molecule is OCC1CCCN1CC1CCCN1c1ncnc2[nH]ncc12. The second-order valence-corrected chi connectivity index (χ2v) is 6.29. The second kappa shape index (κ2) is 5.81. The largest absolute Gasteiger partial charge is 0.395 e. The maximum absolute atomic E-state index is 9.52. The smallest absolute Gasteiger partial charge is 0.160 e. The van der Waals surface area contributed by atoms with Gasteiger partial charge >= 0.3 is 0 Å². The number of rotatable bonds is 4. The standard InChI is InChI=1S/C15H22N6O/c22-9-12-4-1-5-20(12)8-11-3-2-6-21(11)15-13-7-18-19-14(13)16-10-17-15/h7,10-12,22H,1-6,8-9H2,(H,16,17,18,19). The number of fused-ring (bicyclic) bond motifs is 1. The topological polar surface area (TPSA) is 81.2 Å². The van der Waals surface area contributed by atoms with E-state index in [1.165, 1.54) is 19.3 Å². The maximum Gasteiger partial charge on any atom is 0.160 e. The van der Waals surface area contributed by atoms with Gasteiger partial charge in [0.25, 0.3) is 0 Å². The predicted octanol–water partition coefficient (Wildman–Crippen LogP) is 0.778. The number of H-pyrrole nitrogens is 1. The van der Waals surface area contributed by atoms with E-state index in [9.17, 15) is 5.11 Å². The average Bonchev–Trinajstić information content (AvgIpc) is 3.27. The zero-order valence-electron chi connectivity index (χ0n) is 12.6. The molecule has 2 saturated heterocycles. The molecular formula is C15H22N6O. The lowest BCUT2D eigenvalue weighted by atomic mass is 10.1. The molecule has 2 aliphatic rings. The van der Waals surface area contributed by atoms with Crippen LogP contribution in [0.1, 0.15) is 25.7 Å². The van der Waals surface area contributed by atoms with E-state index in [1.54, 1.807) is 6.33 Å². The summed E-state index contributed by atoms with van der Waals surface area (Å²) in [5, 5.41) is 17.5. The van der Waals surface area contributed by atoms with E-state index in [-0.39, 0.29) is 6.61 Å². The first-order valence-electron chi connectivity index (χ1n) is 8.12. The summed E-state index contributed by atoms with van der Waals surface area (Å²) in [7, 11) is 0. The van der Waals surface area contributed by atoms with E-state index >= 15 is 0 Å². The van der Waals surface area contributed by atoms with Crippen LogP contribution in [0.4, 0.5) is 5.82 Å². The summed E-state index contributed by atoms with van der Waals surface area (Å²) in [5.74, 6) is 0.987. The van der Waals surface area contributed by atoms with Gasteiger partial charge < -0.3 is 10.0 Å². The van der Waals surface area contributed by atoms with Crippen LogP contribution in [-0.2, 0) is 0 Å². The van der Waals surface area contributed by atoms with Gasteiger partial charge in [-0.3, -0.25) is 10.00 Å². The summed E-state index contributed by atoms with van der Waals surface area (Å²) in [4.78, 5) is 13.6. The van der Waals surface area contributed by atoms with Crippen molar-refractivity contribution in [3.05, 3.63) is 12.5 Å². The highest BCUT2D eigenvalue weighted by Crippen LogP contribution is 2.30. The first-order valence-corrected chi connectivity index (χ1v) is 8.12. The van der Waals surface area contributed by atoms with Crippen LogP contribution in [0.2, 0.25) is 0 Å². The number of aromatic amines is 1. The third kappa shape index (κ3) is 2.34. The zero-order valence-corrected chi connectivity index (χ0v) is 12.6. The highest BCUT2D eigenvalue weighted by Gasteiger charge is 2.32. The molecule has 0 spiro atoms. The van der Waals surface area contributed by atoms with Crippen molar-refractivity contribution in [1.29, 1.82) is 0 Å². The van der Waals surface area contributed by atoms with Crippen molar-refractivity contribution < 1.29 is 5.11 Å². The van der Waals surface area contributed by atoms with Gasteiger partial charge in [0.05, 0.1) is 18.2 Å². The van der Waals surface area contributed by atoms with Gasteiger partial charge in [0.1, 0.15) is 12.1 Å². The molecule has 2 aromatic heterocycles. The monoisotopic (exact) mass is 302 g/mol. The lowest BCUT2D eigenvalue weighted by Gasteiger charge is -2.32. The van der Waals surface area contributed by atoms with Gasteiger partial charge in [0, 0.05) is 25.2 Å². The van der Waals surface area contributed by atoms with Crippen molar-refractivity contribution >= 4 is 16.9 Å². The van der Waals surface area contributed by atoms with Crippen LogP contribution in [-0.4, -0.2) is 68.5 Å². The highest BCUT2D eigenvalue weighted by molar-refractivity contribution is 5.86. The molecule has 2 unspecified atom stereocenters. The zero-order chi connectivity index (χ0) is 14.9. The fourth-order valence-corrected chi connectivity index (χ4v) is 3.90. The van der Waals surface area contributed by atoms with Crippen LogP contribution in [0.25, 0.3) is 11.0 Å². The van der Waals surface area contributed by atoms with Crippen molar-refractivity contribution in [2.24, 2.45) is 0 Å². The second-order valence-electron chi connectivity index (χ2n) is 6.29. The lowest BCUT2D eigenvalue weighted by molar-refractivity contribution is 0.153. The minimum Gasteiger partial charge on any atom is -0.395 e. The molecule has 0 saturated carbocycles. The maximum atomic E-state index is 9.52. The van der Waals surface area contributed by atoms with Crippen LogP contribution in [0.15, 0.2) is 12.5 Å². The van der Waals surface area contributed by atoms with Crippen LogP contribution in [0.5, 0.6) is 0 Å². The average molecular weight is 302 g/mol. The molecule has 7 heteroatoms. The summed E-state index contributed by atoms with van der Waals surface area (Å²) in [6.45, 7) is 3.40. The molecule has 2 atom stereocenters. The molecule has 0 bridgehead atoms. The summed E-state index contributed by atoms with van der Waals surface area (Å²) < 4.78 is 0. The first kappa shape index (κ1) is 13.9. The van der Waals surface area contributed by atoms with Gasteiger partial charge in [-0.1, -0.05) is 0 Å². The third-order valence-electron chi connectivity index (χ3n) is 5.03. The van der Waals surface area contributed by atoms with E-state index in [0.29, 0.717) is 12.1 Å². The lowest BCUT2D eigenvalue weighted by Crippen LogP contribution is -2.43.